The third-order valence-corrected chi connectivity index (χ3v) is 4.77. The monoisotopic (exact) mass is 414 g/mol. The largest absolute Gasteiger partial charge is 0.346 e. The number of halogens is 2. The van der Waals surface area contributed by atoms with E-state index in [9.17, 15) is 18.8 Å². The van der Waals surface area contributed by atoms with Gasteiger partial charge in [-0.3, -0.25) is 14.4 Å². The molecule has 2 rings (SSSR count). The number of anilines is 1. The van der Waals surface area contributed by atoms with E-state index in [-0.39, 0.29) is 54.3 Å². The summed E-state index contributed by atoms with van der Waals surface area (Å²) in [5.74, 6) is -1.23. The molecule has 0 bridgehead atoms. The molecule has 1 atom stereocenters. The molecular weight excluding hydrogens is 387 g/mol. The Balaban J connectivity index is 0.00000392. The number of rotatable bonds is 6. The number of likely N-dealkylation sites (tertiary alicyclic amines) is 1. The van der Waals surface area contributed by atoms with Crippen molar-refractivity contribution >= 4 is 35.8 Å². The zero-order chi connectivity index (χ0) is 20.0. The number of carbonyl (C=O) groups is 3. The number of hydrogen-bond donors (Lipinski definition) is 3. The topological polar surface area (TPSA) is 105 Å². The Bertz CT molecular complexity index is 676. The summed E-state index contributed by atoms with van der Waals surface area (Å²) in [4.78, 5) is 38.0. The summed E-state index contributed by atoms with van der Waals surface area (Å²) in [6, 6.07) is 4.96. The number of piperidine rings is 1. The molecule has 1 heterocycles. The Morgan fingerprint density at radius 3 is 2.29 bits per heavy atom. The van der Waals surface area contributed by atoms with Crippen LogP contribution in [0.25, 0.3) is 0 Å². The van der Waals surface area contributed by atoms with Gasteiger partial charge in [-0.1, -0.05) is 13.8 Å². The fourth-order valence-corrected chi connectivity index (χ4v) is 2.86. The highest BCUT2D eigenvalue weighted by atomic mass is 35.5. The molecule has 0 aliphatic carbocycles. The predicted octanol–water partition coefficient (Wildman–Crippen LogP) is 1.52. The molecule has 0 saturated carbocycles. The van der Waals surface area contributed by atoms with Crippen LogP contribution >= 0.6 is 12.4 Å². The quantitative estimate of drug-likeness (QED) is 0.656. The predicted molar refractivity (Wildman–Crippen MR) is 107 cm³/mol. The second kappa shape index (κ2) is 11.0. The van der Waals surface area contributed by atoms with Gasteiger partial charge in [-0.25, -0.2) is 4.39 Å². The van der Waals surface area contributed by atoms with Crippen molar-refractivity contribution in [3.63, 3.8) is 0 Å². The van der Waals surface area contributed by atoms with Gasteiger partial charge in [0.25, 0.3) is 0 Å². The molecule has 7 nitrogen and oxygen atoms in total. The van der Waals surface area contributed by atoms with Crippen LogP contribution in [0.3, 0.4) is 0 Å². The van der Waals surface area contributed by atoms with Gasteiger partial charge in [0.15, 0.2) is 0 Å². The molecule has 28 heavy (non-hydrogen) atoms. The van der Waals surface area contributed by atoms with Crippen molar-refractivity contribution in [1.29, 1.82) is 0 Å². The van der Waals surface area contributed by atoms with Crippen molar-refractivity contribution in [2.24, 2.45) is 17.6 Å². The minimum Gasteiger partial charge on any atom is -0.346 e. The maximum Gasteiger partial charge on any atom is 0.241 e. The molecule has 0 aromatic heterocycles. The van der Waals surface area contributed by atoms with E-state index in [4.69, 9.17) is 5.73 Å². The average molecular weight is 415 g/mol. The number of nitrogens with zero attached hydrogens (tertiary/aromatic N) is 1. The summed E-state index contributed by atoms with van der Waals surface area (Å²) in [6.07, 6.45) is 1.08. The van der Waals surface area contributed by atoms with E-state index in [0.717, 1.165) is 0 Å². The van der Waals surface area contributed by atoms with Crippen LogP contribution in [0.5, 0.6) is 0 Å². The van der Waals surface area contributed by atoms with Crippen LogP contribution in [0.2, 0.25) is 0 Å². The molecule has 1 fully saturated rings. The fraction of sp³-hybridized carbons (Fsp3) is 0.526. The van der Waals surface area contributed by atoms with Crippen LogP contribution in [0.1, 0.15) is 26.7 Å². The lowest BCUT2D eigenvalue weighted by Crippen LogP contribution is -2.49. The van der Waals surface area contributed by atoms with Crippen molar-refractivity contribution < 1.29 is 18.8 Å². The second-order valence-electron chi connectivity index (χ2n) is 7.14. The van der Waals surface area contributed by atoms with Crippen LogP contribution in [0.15, 0.2) is 24.3 Å². The van der Waals surface area contributed by atoms with Crippen molar-refractivity contribution in [3.05, 3.63) is 30.1 Å². The summed E-state index contributed by atoms with van der Waals surface area (Å²) in [7, 11) is 0. The molecule has 0 spiro atoms. The summed E-state index contributed by atoms with van der Waals surface area (Å²) in [5, 5.41) is 5.33. The van der Waals surface area contributed by atoms with E-state index in [1.54, 1.807) is 4.90 Å². The smallest absolute Gasteiger partial charge is 0.241 e. The van der Waals surface area contributed by atoms with E-state index in [1.165, 1.54) is 24.3 Å². The van der Waals surface area contributed by atoms with Crippen molar-refractivity contribution in [1.82, 2.24) is 10.2 Å². The van der Waals surface area contributed by atoms with Crippen molar-refractivity contribution in [3.8, 4) is 0 Å². The molecular formula is C19H28ClFN4O3. The van der Waals surface area contributed by atoms with E-state index in [0.29, 0.717) is 31.6 Å². The normalized spacial score (nSPS) is 15.5. The Labute approximate surface area is 170 Å². The van der Waals surface area contributed by atoms with Crippen LogP contribution < -0.4 is 16.4 Å². The molecule has 1 aliphatic rings. The molecule has 156 valence electrons. The standard InChI is InChI=1S/C19H27FN4O3.ClH/c1-12(2)17(21)19(27)22-11-16(25)24-9-7-13(8-10-24)18(26)23-15-5-3-14(20)4-6-15;/h3-6,12-13,17H,7-11,21H2,1-2H3,(H,22,27)(H,23,26);1H/t17-;/m0./s1. The van der Waals surface area contributed by atoms with Crippen LogP contribution in [-0.4, -0.2) is 48.3 Å². The number of nitrogens with one attached hydrogen (secondary N) is 2. The molecule has 0 radical (unpaired) electrons. The lowest BCUT2D eigenvalue weighted by Gasteiger charge is -2.31. The minimum atomic E-state index is -0.640. The summed E-state index contributed by atoms with van der Waals surface area (Å²) >= 11 is 0. The molecule has 1 aromatic carbocycles. The lowest BCUT2D eigenvalue weighted by atomic mass is 9.95. The number of benzene rings is 1. The van der Waals surface area contributed by atoms with Crippen LogP contribution in [0.4, 0.5) is 10.1 Å². The first-order valence-electron chi connectivity index (χ1n) is 9.15. The first kappa shape index (κ1) is 23.8. The van der Waals surface area contributed by atoms with Crippen LogP contribution in [-0.2, 0) is 14.4 Å². The summed E-state index contributed by atoms with van der Waals surface area (Å²) in [6.45, 7) is 4.49. The number of hydrogen-bond acceptors (Lipinski definition) is 4. The van der Waals surface area contributed by atoms with E-state index < -0.39 is 6.04 Å². The molecule has 9 heteroatoms. The SMILES string of the molecule is CC(C)[C@H](N)C(=O)NCC(=O)N1CCC(C(=O)Nc2ccc(F)cc2)CC1.Cl. The van der Waals surface area contributed by atoms with Crippen molar-refractivity contribution in [2.75, 3.05) is 25.0 Å². The molecule has 1 aromatic rings. The van der Waals surface area contributed by atoms with E-state index in [2.05, 4.69) is 10.6 Å². The van der Waals surface area contributed by atoms with Gasteiger partial charge in [-0.15, -0.1) is 12.4 Å². The van der Waals surface area contributed by atoms with Gasteiger partial charge in [-0.05, 0) is 43.0 Å². The lowest BCUT2D eigenvalue weighted by molar-refractivity contribution is -0.135. The van der Waals surface area contributed by atoms with E-state index >= 15 is 0 Å². The summed E-state index contributed by atoms with van der Waals surface area (Å²) in [5.41, 5.74) is 6.29. The van der Waals surface area contributed by atoms with Gasteiger partial charge in [0, 0.05) is 24.7 Å². The zero-order valence-electron chi connectivity index (χ0n) is 16.1. The van der Waals surface area contributed by atoms with Gasteiger partial charge >= 0.3 is 0 Å². The maximum atomic E-state index is 12.9. The first-order valence-corrected chi connectivity index (χ1v) is 9.15. The Morgan fingerprint density at radius 1 is 1.18 bits per heavy atom. The van der Waals surface area contributed by atoms with Gasteiger partial charge in [0.05, 0.1) is 12.6 Å². The molecule has 1 saturated heterocycles. The highest BCUT2D eigenvalue weighted by Gasteiger charge is 2.28. The molecule has 4 N–H and O–H groups in total. The first-order chi connectivity index (χ1) is 12.8. The van der Waals surface area contributed by atoms with Gasteiger partial charge < -0.3 is 21.3 Å². The second-order valence-corrected chi connectivity index (χ2v) is 7.14. The van der Waals surface area contributed by atoms with Crippen molar-refractivity contribution in [2.45, 2.75) is 32.7 Å². The number of nitrogens with two attached hydrogens (primary N) is 1. The zero-order valence-corrected chi connectivity index (χ0v) is 16.9. The highest BCUT2D eigenvalue weighted by Crippen LogP contribution is 2.19. The molecule has 1 aliphatic heterocycles. The average Bonchev–Trinajstić information content (AvgIpc) is 2.67. The number of amides is 3. The fourth-order valence-electron chi connectivity index (χ4n) is 2.86. The number of carbonyl (C=O) groups excluding carboxylic acids is 3. The maximum absolute atomic E-state index is 12.9. The van der Waals surface area contributed by atoms with Gasteiger partial charge in [-0.2, -0.15) is 0 Å². The van der Waals surface area contributed by atoms with Gasteiger partial charge in [0.2, 0.25) is 17.7 Å². The van der Waals surface area contributed by atoms with Gasteiger partial charge in [0.1, 0.15) is 5.82 Å². The Morgan fingerprint density at radius 2 is 1.75 bits per heavy atom. The van der Waals surface area contributed by atoms with E-state index in [1.807, 2.05) is 13.8 Å². The molecule has 3 amide bonds. The Hall–Kier alpha value is -2.19. The third kappa shape index (κ3) is 6.76. The highest BCUT2D eigenvalue weighted by molar-refractivity contribution is 5.93. The third-order valence-electron chi connectivity index (χ3n) is 4.77. The minimum absolute atomic E-state index is 0. The summed E-state index contributed by atoms with van der Waals surface area (Å²) < 4.78 is 12.9. The Kier molecular flexibility index (Phi) is 9.34. The molecule has 0 unspecified atom stereocenters. The van der Waals surface area contributed by atoms with Crippen LogP contribution in [0, 0.1) is 17.7 Å².